The van der Waals surface area contributed by atoms with E-state index in [2.05, 4.69) is 5.32 Å². The number of ether oxygens (including phenoxy) is 3. The van der Waals surface area contributed by atoms with E-state index in [1.54, 1.807) is 48.6 Å². The zero-order chi connectivity index (χ0) is 24.8. The van der Waals surface area contributed by atoms with E-state index in [4.69, 9.17) is 18.6 Å². The van der Waals surface area contributed by atoms with Crippen LogP contribution < -0.4 is 19.5 Å². The maximum absolute atomic E-state index is 13.5. The Morgan fingerprint density at radius 3 is 2.49 bits per heavy atom. The topological polar surface area (TPSA) is 93.5 Å². The zero-order valence-electron chi connectivity index (χ0n) is 20.0. The molecule has 1 aromatic heterocycles. The van der Waals surface area contributed by atoms with Crippen molar-refractivity contribution in [1.29, 1.82) is 0 Å². The second-order valence-electron chi connectivity index (χ2n) is 8.40. The van der Waals surface area contributed by atoms with Gasteiger partial charge >= 0.3 is 6.03 Å². The monoisotopic (exact) mass is 479 g/mol. The highest BCUT2D eigenvalue weighted by atomic mass is 16.7. The minimum atomic E-state index is -0.362. The highest BCUT2D eigenvalue weighted by Crippen LogP contribution is 2.33. The molecule has 9 heteroatoms. The van der Waals surface area contributed by atoms with Crippen LogP contribution in [0.1, 0.15) is 25.2 Å². The molecule has 1 N–H and O–H groups in total. The molecule has 0 bridgehead atoms. The Hall–Kier alpha value is -4.14. The summed E-state index contributed by atoms with van der Waals surface area (Å²) < 4.78 is 21.5. The fourth-order valence-electron chi connectivity index (χ4n) is 3.69. The summed E-state index contributed by atoms with van der Waals surface area (Å²) in [7, 11) is 1.58. The van der Waals surface area contributed by atoms with Crippen LogP contribution in [0.25, 0.3) is 0 Å². The molecular weight excluding hydrogens is 450 g/mol. The molecule has 0 saturated heterocycles. The molecule has 0 spiro atoms. The number of carbonyl (C=O) groups excluding carboxylic acids is 2. The van der Waals surface area contributed by atoms with Crippen LogP contribution in [-0.2, 0) is 17.9 Å². The number of urea groups is 1. The lowest BCUT2D eigenvalue weighted by Gasteiger charge is -2.30. The minimum Gasteiger partial charge on any atom is -0.497 e. The summed E-state index contributed by atoms with van der Waals surface area (Å²) >= 11 is 0. The van der Waals surface area contributed by atoms with E-state index in [-0.39, 0.29) is 37.9 Å². The number of benzene rings is 2. The first-order valence-electron chi connectivity index (χ1n) is 11.3. The third-order valence-electron chi connectivity index (χ3n) is 5.62. The van der Waals surface area contributed by atoms with Crippen molar-refractivity contribution >= 4 is 17.6 Å². The van der Waals surface area contributed by atoms with E-state index < -0.39 is 0 Å². The smallest absolute Gasteiger partial charge is 0.322 e. The number of amides is 3. The van der Waals surface area contributed by atoms with Crippen LogP contribution in [0.3, 0.4) is 0 Å². The standard InChI is InChI=1S/C26H29N3O6/c1-18(2)29(26(31)27-20-7-9-21(32-3)10-8-20)16-25(30)28(15-22-5-4-12-33-22)14-19-6-11-23-24(13-19)35-17-34-23/h4-13,18H,14-17H2,1-3H3,(H,27,31). The highest BCUT2D eigenvalue weighted by molar-refractivity contribution is 5.92. The third-order valence-corrected chi connectivity index (χ3v) is 5.62. The van der Waals surface area contributed by atoms with Gasteiger partial charge in [-0.15, -0.1) is 0 Å². The van der Waals surface area contributed by atoms with Crippen molar-refractivity contribution in [2.75, 3.05) is 25.8 Å². The number of hydrogen-bond acceptors (Lipinski definition) is 6. The van der Waals surface area contributed by atoms with Gasteiger partial charge in [-0.25, -0.2) is 4.79 Å². The second-order valence-corrected chi connectivity index (χ2v) is 8.40. The summed E-state index contributed by atoms with van der Waals surface area (Å²) in [5.74, 6) is 2.46. The number of anilines is 1. The molecule has 184 valence electrons. The van der Waals surface area contributed by atoms with Crippen molar-refractivity contribution in [2.45, 2.75) is 33.0 Å². The van der Waals surface area contributed by atoms with Gasteiger partial charge in [0.2, 0.25) is 12.7 Å². The SMILES string of the molecule is COc1ccc(NC(=O)N(CC(=O)N(Cc2ccc3c(c2)OCO3)Cc2ccco2)C(C)C)cc1. The lowest BCUT2D eigenvalue weighted by molar-refractivity contribution is -0.133. The molecule has 0 fully saturated rings. The molecule has 9 nitrogen and oxygen atoms in total. The van der Waals surface area contributed by atoms with Crippen molar-refractivity contribution in [3.8, 4) is 17.2 Å². The van der Waals surface area contributed by atoms with Crippen LogP contribution in [0, 0.1) is 0 Å². The normalized spacial score (nSPS) is 11.9. The first kappa shape index (κ1) is 24.0. The van der Waals surface area contributed by atoms with Crippen LogP contribution in [-0.4, -0.2) is 48.2 Å². The van der Waals surface area contributed by atoms with Gasteiger partial charge in [-0.05, 0) is 67.9 Å². The Bertz CT molecular complexity index is 1140. The predicted octanol–water partition coefficient (Wildman–Crippen LogP) is 4.49. The van der Waals surface area contributed by atoms with Gasteiger partial charge in [0, 0.05) is 18.3 Å². The number of nitrogens with zero attached hydrogens (tertiary/aromatic N) is 2. The molecule has 1 aliphatic heterocycles. The summed E-state index contributed by atoms with van der Waals surface area (Å²) in [5.41, 5.74) is 1.50. The Morgan fingerprint density at radius 2 is 1.80 bits per heavy atom. The molecule has 2 heterocycles. The van der Waals surface area contributed by atoms with E-state index in [1.165, 1.54) is 4.90 Å². The van der Waals surface area contributed by atoms with Gasteiger partial charge in [0.1, 0.15) is 18.1 Å². The number of fused-ring (bicyclic) bond motifs is 1. The summed E-state index contributed by atoms with van der Waals surface area (Å²) in [5, 5.41) is 2.85. The number of carbonyl (C=O) groups is 2. The molecule has 1 aliphatic rings. The van der Waals surface area contributed by atoms with Crippen LogP contribution in [0.15, 0.2) is 65.3 Å². The Kier molecular flexibility index (Phi) is 7.45. The first-order valence-corrected chi connectivity index (χ1v) is 11.3. The Labute approximate surface area is 204 Å². The van der Waals surface area contributed by atoms with Crippen molar-refractivity contribution in [1.82, 2.24) is 9.80 Å². The molecule has 0 aliphatic carbocycles. The molecule has 4 rings (SSSR count). The quantitative estimate of drug-likeness (QED) is 0.486. The largest absolute Gasteiger partial charge is 0.497 e. The molecule has 0 saturated carbocycles. The van der Waals surface area contributed by atoms with Gasteiger partial charge in [-0.1, -0.05) is 6.07 Å². The number of methoxy groups -OCH3 is 1. The minimum absolute atomic E-state index is 0.0923. The van der Waals surface area contributed by atoms with Crippen LogP contribution >= 0.6 is 0 Å². The predicted molar refractivity (Wildman–Crippen MR) is 129 cm³/mol. The fraction of sp³-hybridized carbons (Fsp3) is 0.308. The van der Waals surface area contributed by atoms with Crippen LogP contribution in [0.4, 0.5) is 10.5 Å². The summed E-state index contributed by atoms with van der Waals surface area (Å²) in [6, 6.07) is 15.6. The van der Waals surface area contributed by atoms with Gasteiger partial charge in [-0.2, -0.15) is 0 Å². The van der Waals surface area contributed by atoms with Gasteiger partial charge in [0.05, 0.1) is 19.9 Å². The van der Waals surface area contributed by atoms with E-state index in [0.29, 0.717) is 35.2 Å². The van der Waals surface area contributed by atoms with E-state index in [0.717, 1.165) is 5.56 Å². The van der Waals surface area contributed by atoms with Crippen LogP contribution in [0.5, 0.6) is 17.2 Å². The summed E-state index contributed by atoms with van der Waals surface area (Å²) in [6.07, 6.45) is 1.57. The van der Waals surface area contributed by atoms with E-state index in [9.17, 15) is 9.59 Å². The third kappa shape index (κ3) is 6.06. The van der Waals surface area contributed by atoms with Crippen LogP contribution in [0.2, 0.25) is 0 Å². The molecule has 0 atom stereocenters. The summed E-state index contributed by atoms with van der Waals surface area (Å²) in [6.45, 7) is 4.42. The fourth-order valence-corrected chi connectivity index (χ4v) is 3.69. The molecule has 0 unspecified atom stereocenters. The molecule has 35 heavy (non-hydrogen) atoms. The molecule has 0 radical (unpaired) electrons. The first-order chi connectivity index (χ1) is 16.9. The van der Waals surface area contributed by atoms with Crippen molar-refractivity contribution in [2.24, 2.45) is 0 Å². The molecule has 3 amide bonds. The van der Waals surface area contributed by atoms with Gasteiger partial charge in [-0.3, -0.25) is 4.79 Å². The second kappa shape index (κ2) is 10.9. The zero-order valence-corrected chi connectivity index (χ0v) is 20.0. The lowest BCUT2D eigenvalue weighted by atomic mass is 10.1. The average Bonchev–Trinajstić information content (AvgIpc) is 3.54. The number of rotatable bonds is 9. The Balaban J connectivity index is 1.48. The Morgan fingerprint density at radius 1 is 1.03 bits per heavy atom. The number of nitrogens with one attached hydrogen (secondary N) is 1. The molecule has 2 aromatic carbocycles. The van der Waals surface area contributed by atoms with Gasteiger partial charge in [0.25, 0.3) is 0 Å². The van der Waals surface area contributed by atoms with Crippen molar-refractivity contribution < 1.29 is 28.2 Å². The van der Waals surface area contributed by atoms with E-state index in [1.807, 2.05) is 38.1 Å². The molecule has 3 aromatic rings. The number of furan rings is 1. The van der Waals surface area contributed by atoms with Crippen molar-refractivity contribution in [3.63, 3.8) is 0 Å². The lowest BCUT2D eigenvalue weighted by Crippen LogP contribution is -2.47. The van der Waals surface area contributed by atoms with E-state index >= 15 is 0 Å². The average molecular weight is 480 g/mol. The van der Waals surface area contributed by atoms with Crippen molar-refractivity contribution in [3.05, 3.63) is 72.2 Å². The maximum Gasteiger partial charge on any atom is 0.322 e. The maximum atomic E-state index is 13.5. The number of hydrogen-bond donors (Lipinski definition) is 1. The van der Waals surface area contributed by atoms with Gasteiger partial charge in [0.15, 0.2) is 11.5 Å². The highest BCUT2D eigenvalue weighted by Gasteiger charge is 2.25. The van der Waals surface area contributed by atoms with Gasteiger partial charge < -0.3 is 33.7 Å². The summed E-state index contributed by atoms with van der Waals surface area (Å²) in [4.78, 5) is 29.6. The molecular formula is C26H29N3O6.